The third-order valence-corrected chi connectivity index (χ3v) is 8.79. The van der Waals surface area contributed by atoms with Crippen LogP contribution in [-0.4, -0.2) is 20.7 Å². The largest absolute Gasteiger partial charge is 0.456 e. The van der Waals surface area contributed by atoms with Crippen LogP contribution in [0.5, 0.6) is 0 Å². The molecule has 0 radical (unpaired) electrons. The molecule has 5 nitrogen and oxygen atoms in total. The van der Waals surface area contributed by atoms with Crippen LogP contribution < -0.4 is 10.4 Å². The summed E-state index contributed by atoms with van der Waals surface area (Å²) in [6.07, 6.45) is 2.98. The molecular formula is C43H28N4O. The molecule has 3 heterocycles. The molecular weight excluding hydrogens is 589 g/mol. The van der Waals surface area contributed by atoms with Crippen LogP contribution in [0.4, 0.5) is 0 Å². The number of aromatic nitrogens is 3. The minimum atomic E-state index is 0.594. The van der Waals surface area contributed by atoms with Crippen molar-refractivity contribution in [2.45, 2.75) is 6.42 Å². The van der Waals surface area contributed by atoms with E-state index >= 15 is 0 Å². The van der Waals surface area contributed by atoms with E-state index in [0.29, 0.717) is 23.9 Å². The molecule has 0 N–H and O–H groups in total. The molecule has 0 atom stereocenters. The number of hydrogen-bond donors (Lipinski definition) is 0. The predicted molar refractivity (Wildman–Crippen MR) is 194 cm³/mol. The summed E-state index contributed by atoms with van der Waals surface area (Å²) in [4.78, 5) is 20.3. The first-order valence-electron chi connectivity index (χ1n) is 16.0. The van der Waals surface area contributed by atoms with Gasteiger partial charge in [-0.3, -0.25) is 4.99 Å². The second kappa shape index (κ2) is 11.7. The van der Waals surface area contributed by atoms with Crippen LogP contribution >= 0.6 is 0 Å². The second-order valence-electron chi connectivity index (χ2n) is 11.8. The van der Waals surface area contributed by atoms with Crippen LogP contribution in [0, 0.1) is 0 Å². The summed E-state index contributed by atoms with van der Waals surface area (Å²) in [5, 5.41) is 4.28. The lowest BCUT2D eigenvalue weighted by molar-refractivity contribution is 0.669. The molecule has 0 saturated heterocycles. The minimum Gasteiger partial charge on any atom is -0.456 e. The van der Waals surface area contributed by atoms with Crippen molar-refractivity contribution in [1.29, 1.82) is 0 Å². The average molecular weight is 617 g/mol. The fraction of sp³-hybridized carbons (Fsp3) is 0.0233. The maximum Gasteiger partial charge on any atom is 0.164 e. The van der Waals surface area contributed by atoms with Gasteiger partial charge in [0.05, 0.1) is 11.4 Å². The maximum atomic E-state index is 6.43. The highest BCUT2D eigenvalue weighted by molar-refractivity contribution is 6.15. The zero-order chi connectivity index (χ0) is 31.9. The molecule has 1 aliphatic heterocycles. The van der Waals surface area contributed by atoms with E-state index in [0.717, 1.165) is 66.4 Å². The van der Waals surface area contributed by atoms with E-state index in [-0.39, 0.29) is 0 Å². The van der Waals surface area contributed by atoms with Crippen molar-refractivity contribution in [3.63, 3.8) is 0 Å². The molecule has 0 fully saturated rings. The normalized spacial score (nSPS) is 12.8. The molecule has 48 heavy (non-hydrogen) atoms. The molecule has 5 heteroatoms. The molecule has 0 bridgehead atoms. The van der Waals surface area contributed by atoms with Crippen LogP contribution in [0.2, 0.25) is 0 Å². The van der Waals surface area contributed by atoms with E-state index < -0.39 is 0 Å². The Morgan fingerprint density at radius 2 is 1.10 bits per heavy atom. The monoisotopic (exact) mass is 616 g/mol. The highest BCUT2D eigenvalue weighted by Crippen LogP contribution is 2.37. The molecule has 0 amide bonds. The van der Waals surface area contributed by atoms with E-state index in [2.05, 4.69) is 78.9 Å². The Bertz CT molecular complexity index is 2570. The lowest BCUT2D eigenvalue weighted by atomic mass is 10.0. The first-order valence-corrected chi connectivity index (χ1v) is 16.0. The van der Waals surface area contributed by atoms with Crippen molar-refractivity contribution in [2.75, 3.05) is 0 Å². The average Bonchev–Trinajstić information content (AvgIpc) is 3.43. The van der Waals surface area contributed by atoms with Crippen molar-refractivity contribution < 1.29 is 4.42 Å². The third kappa shape index (κ3) is 4.99. The first kappa shape index (κ1) is 27.8. The van der Waals surface area contributed by atoms with Gasteiger partial charge in [-0.25, -0.2) is 15.0 Å². The highest BCUT2D eigenvalue weighted by atomic mass is 16.3. The van der Waals surface area contributed by atoms with Gasteiger partial charge < -0.3 is 4.42 Å². The topological polar surface area (TPSA) is 64.2 Å². The van der Waals surface area contributed by atoms with Gasteiger partial charge in [0.2, 0.25) is 0 Å². The maximum absolute atomic E-state index is 6.43. The summed E-state index contributed by atoms with van der Waals surface area (Å²) in [5.74, 6) is 1.84. The van der Waals surface area contributed by atoms with Gasteiger partial charge >= 0.3 is 0 Å². The van der Waals surface area contributed by atoms with Gasteiger partial charge in [-0.2, -0.15) is 0 Å². The van der Waals surface area contributed by atoms with E-state index in [9.17, 15) is 0 Å². The lowest BCUT2D eigenvalue weighted by Gasteiger charge is -2.09. The molecule has 1 aliphatic rings. The Labute approximate surface area is 277 Å². The third-order valence-electron chi connectivity index (χ3n) is 8.79. The van der Waals surface area contributed by atoms with Gasteiger partial charge in [-0.15, -0.1) is 0 Å². The summed E-state index contributed by atoms with van der Waals surface area (Å²) in [7, 11) is 0. The Morgan fingerprint density at radius 3 is 1.81 bits per heavy atom. The van der Waals surface area contributed by atoms with Crippen LogP contribution in [0.1, 0.15) is 17.5 Å². The van der Waals surface area contributed by atoms with Crippen molar-refractivity contribution >= 4 is 39.4 Å². The number of aliphatic imine (C=N–C) groups is 1. The summed E-state index contributed by atoms with van der Waals surface area (Å²) < 4.78 is 6.43. The number of fused-ring (bicyclic) bond motifs is 4. The molecule has 226 valence electrons. The Morgan fingerprint density at radius 1 is 0.479 bits per heavy atom. The fourth-order valence-electron chi connectivity index (χ4n) is 6.46. The zero-order valence-electron chi connectivity index (χ0n) is 25.9. The van der Waals surface area contributed by atoms with Gasteiger partial charge in [0.1, 0.15) is 11.2 Å². The SMILES string of the molecule is C1=c2ccccc2=C(c2ccccc2)N=C(c2ccc3oc4cccc(-c5nc(-c6ccccc6)nc(-c6ccccc6)n5)c4c3c2)C1. The van der Waals surface area contributed by atoms with Crippen molar-refractivity contribution in [2.24, 2.45) is 4.99 Å². The molecule has 0 unspecified atom stereocenters. The van der Waals surface area contributed by atoms with Gasteiger partial charge in [0.25, 0.3) is 0 Å². The van der Waals surface area contributed by atoms with E-state index in [4.69, 9.17) is 24.4 Å². The van der Waals surface area contributed by atoms with Gasteiger partial charge in [0.15, 0.2) is 17.5 Å². The standard InChI is InChI=1S/C43H28N4O/c1-4-14-29(15-5-1)40-33-20-11-10-13-28(33)23-25-36(44-40)32-24-26-37-35(27-32)39-34(21-12-22-38(39)48-37)43-46-41(30-16-6-2-7-17-30)45-42(47-43)31-18-8-3-9-19-31/h1-24,26-27H,25H2. The van der Waals surface area contributed by atoms with Crippen molar-refractivity contribution in [3.05, 3.63) is 173 Å². The number of rotatable bonds is 5. The molecule has 6 aromatic carbocycles. The molecule has 2 aromatic heterocycles. The number of nitrogens with zero attached hydrogens (tertiary/aromatic N) is 4. The fourth-order valence-corrected chi connectivity index (χ4v) is 6.46. The quantitative estimate of drug-likeness (QED) is 0.194. The van der Waals surface area contributed by atoms with Crippen molar-refractivity contribution in [1.82, 2.24) is 15.0 Å². The van der Waals surface area contributed by atoms with E-state index in [1.807, 2.05) is 78.9 Å². The summed E-state index contributed by atoms with van der Waals surface area (Å²) in [6, 6.07) is 51.4. The van der Waals surface area contributed by atoms with Crippen molar-refractivity contribution in [3.8, 4) is 34.2 Å². The molecule has 0 spiro atoms. The van der Waals surface area contributed by atoms with E-state index in [1.54, 1.807) is 0 Å². The Hall–Kier alpha value is -6.46. The first-order chi connectivity index (χ1) is 23.8. The van der Waals surface area contributed by atoms with Crippen LogP contribution in [-0.2, 0) is 0 Å². The van der Waals surface area contributed by atoms with Crippen LogP contribution in [0.15, 0.2) is 161 Å². The molecule has 0 saturated carbocycles. The smallest absolute Gasteiger partial charge is 0.164 e. The second-order valence-corrected chi connectivity index (χ2v) is 11.8. The number of furan rings is 1. The van der Waals surface area contributed by atoms with Gasteiger partial charge in [-0.05, 0) is 35.0 Å². The molecule has 9 rings (SSSR count). The van der Waals surface area contributed by atoms with Gasteiger partial charge in [-0.1, -0.05) is 133 Å². The predicted octanol–water partition coefficient (Wildman–Crippen LogP) is 8.60. The van der Waals surface area contributed by atoms with Crippen LogP contribution in [0.25, 0.3) is 67.9 Å². The van der Waals surface area contributed by atoms with Gasteiger partial charge in [0, 0.05) is 44.7 Å². The Balaban J connectivity index is 1.24. The van der Waals surface area contributed by atoms with Crippen LogP contribution in [0.3, 0.4) is 0 Å². The summed E-state index contributed by atoms with van der Waals surface area (Å²) >= 11 is 0. The van der Waals surface area contributed by atoms with E-state index in [1.165, 1.54) is 5.22 Å². The lowest BCUT2D eigenvalue weighted by Crippen LogP contribution is -2.25. The molecule has 0 aliphatic carbocycles. The Kier molecular flexibility index (Phi) is 6.79. The number of hydrogen-bond acceptors (Lipinski definition) is 5. The highest BCUT2D eigenvalue weighted by Gasteiger charge is 2.19. The summed E-state index contributed by atoms with van der Waals surface area (Å²) in [5.41, 5.74) is 8.43. The zero-order valence-corrected chi connectivity index (χ0v) is 25.9. The minimum absolute atomic E-state index is 0.594. The molecule has 8 aromatic rings. The summed E-state index contributed by atoms with van der Waals surface area (Å²) in [6.45, 7) is 0. The number of benzene rings is 6.